The zero-order chi connectivity index (χ0) is 19.2. The maximum Gasteiger partial charge on any atom is 0.294 e. The zero-order valence-electron chi connectivity index (χ0n) is 14.2. The van der Waals surface area contributed by atoms with E-state index in [1.54, 1.807) is 24.3 Å². The summed E-state index contributed by atoms with van der Waals surface area (Å²) in [5.41, 5.74) is 1.35. The first-order chi connectivity index (χ1) is 13.0. The van der Waals surface area contributed by atoms with Crippen molar-refractivity contribution in [3.8, 4) is 5.75 Å². The molecular formula is C20H16N2O4S. The quantitative estimate of drug-likeness (QED) is 0.774. The number of carbonyl (C=O) groups excluding carboxylic acids is 3. The molecule has 0 spiro atoms. The number of allylic oxidation sites excluding steroid dienone is 2. The van der Waals surface area contributed by atoms with Crippen LogP contribution in [-0.4, -0.2) is 33.6 Å². The number of carbonyl (C=O) groups is 3. The van der Waals surface area contributed by atoms with E-state index in [4.69, 9.17) is 0 Å². The van der Waals surface area contributed by atoms with Gasteiger partial charge in [-0.15, -0.1) is 0 Å². The molecule has 1 heterocycles. The third-order valence-corrected chi connectivity index (χ3v) is 4.57. The number of amides is 3. The van der Waals surface area contributed by atoms with Crippen molar-refractivity contribution < 1.29 is 19.5 Å². The minimum absolute atomic E-state index is 0.00658. The van der Waals surface area contributed by atoms with E-state index in [0.29, 0.717) is 5.69 Å². The molecule has 0 bridgehead atoms. The molecule has 0 saturated carbocycles. The summed E-state index contributed by atoms with van der Waals surface area (Å²) in [5, 5.41) is 11.5. The number of phenols is 1. The van der Waals surface area contributed by atoms with E-state index in [1.807, 2.05) is 36.4 Å². The lowest BCUT2D eigenvalue weighted by molar-refractivity contribution is -0.127. The topological polar surface area (TPSA) is 86.7 Å². The van der Waals surface area contributed by atoms with Gasteiger partial charge in [-0.25, -0.2) is 0 Å². The van der Waals surface area contributed by atoms with Crippen LogP contribution in [0.25, 0.3) is 6.08 Å². The highest BCUT2D eigenvalue weighted by Crippen LogP contribution is 2.30. The summed E-state index contributed by atoms with van der Waals surface area (Å²) in [6.07, 6.45) is 5.08. The monoisotopic (exact) mass is 380 g/mol. The first kappa shape index (κ1) is 18.5. The van der Waals surface area contributed by atoms with E-state index < -0.39 is 17.1 Å². The molecule has 27 heavy (non-hydrogen) atoms. The summed E-state index contributed by atoms with van der Waals surface area (Å²) < 4.78 is 0. The number of benzene rings is 2. The minimum atomic E-state index is -0.524. The van der Waals surface area contributed by atoms with E-state index in [-0.39, 0.29) is 17.2 Å². The summed E-state index contributed by atoms with van der Waals surface area (Å²) in [7, 11) is 0. The molecule has 0 aliphatic carbocycles. The van der Waals surface area contributed by atoms with Crippen LogP contribution in [0.2, 0.25) is 0 Å². The number of nitrogens with zero attached hydrogens (tertiary/aromatic N) is 1. The molecule has 6 nitrogen and oxygen atoms in total. The van der Waals surface area contributed by atoms with Gasteiger partial charge in [0.05, 0.1) is 4.91 Å². The molecule has 136 valence electrons. The Hall–Kier alpha value is -3.32. The van der Waals surface area contributed by atoms with Crippen LogP contribution in [0.4, 0.5) is 10.5 Å². The molecule has 2 N–H and O–H groups in total. The highest BCUT2D eigenvalue weighted by molar-refractivity contribution is 8.18. The second-order valence-electron chi connectivity index (χ2n) is 5.66. The van der Waals surface area contributed by atoms with Gasteiger partial charge in [-0.05, 0) is 35.5 Å². The van der Waals surface area contributed by atoms with Gasteiger partial charge in [0.1, 0.15) is 12.3 Å². The number of hydrogen-bond acceptors (Lipinski definition) is 5. The summed E-state index contributed by atoms with van der Waals surface area (Å²) in [5.74, 6) is -1.02. The molecule has 0 radical (unpaired) electrons. The predicted octanol–water partition coefficient (Wildman–Crippen LogP) is 3.62. The standard InChI is InChI=1S/C20H16N2O4S/c23-16-10-5-9-15(12-16)21-18(24)13-22-19(25)17(27-20(22)26)11-4-8-14-6-2-1-3-7-14/h1-12,23H,13H2,(H,21,24)/b8-4+,17-11+. The number of phenolic OH excluding ortho intramolecular Hbond substituents is 1. The Balaban J connectivity index is 1.62. The molecule has 1 aliphatic heterocycles. The summed E-state index contributed by atoms with van der Waals surface area (Å²) in [6, 6.07) is 15.6. The molecule has 1 aliphatic rings. The molecule has 1 saturated heterocycles. The van der Waals surface area contributed by atoms with Crippen LogP contribution in [0.5, 0.6) is 5.75 Å². The third kappa shape index (κ3) is 4.86. The van der Waals surface area contributed by atoms with Gasteiger partial charge in [0.2, 0.25) is 5.91 Å². The Kier molecular flexibility index (Phi) is 5.73. The van der Waals surface area contributed by atoms with Gasteiger partial charge in [-0.3, -0.25) is 19.3 Å². The normalized spacial score (nSPS) is 15.7. The second-order valence-corrected chi connectivity index (χ2v) is 6.65. The lowest BCUT2D eigenvalue weighted by atomic mass is 10.2. The van der Waals surface area contributed by atoms with Crippen molar-refractivity contribution in [1.29, 1.82) is 0 Å². The molecular weight excluding hydrogens is 364 g/mol. The van der Waals surface area contributed by atoms with Crippen molar-refractivity contribution in [2.24, 2.45) is 0 Å². The fraction of sp³-hybridized carbons (Fsp3) is 0.0500. The first-order valence-corrected chi connectivity index (χ1v) is 8.90. The van der Waals surface area contributed by atoms with Crippen LogP contribution >= 0.6 is 11.8 Å². The molecule has 3 amide bonds. The van der Waals surface area contributed by atoms with Crippen molar-refractivity contribution in [2.75, 3.05) is 11.9 Å². The van der Waals surface area contributed by atoms with Gasteiger partial charge in [0.25, 0.3) is 11.1 Å². The zero-order valence-corrected chi connectivity index (χ0v) is 15.0. The van der Waals surface area contributed by atoms with Crippen LogP contribution < -0.4 is 5.32 Å². The van der Waals surface area contributed by atoms with E-state index in [1.165, 1.54) is 12.1 Å². The van der Waals surface area contributed by atoms with Crippen molar-refractivity contribution >= 4 is 40.6 Å². The summed E-state index contributed by atoms with van der Waals surface area (Å²) in [4.78, 5) is 37.7. The van der Waals surface area contributed by atoms with E-state index in [9.17, 15) is 19.5 Å². The van der Waals surface area contributed by atoms with Gasteiger partial charge >= 0.3 is 0 Å². The lowest BCUT2D eigenvalue weighted by Crippen LogP contribution is -2.36. The van der Waals surface area contributed by atoms with Gasteiger partial charge in [-0.1, -0.05) is 48.6 Å². The fourth-order valence-corrected chi connectivity index (χ4v) is 3.18. The molecule has 0 unspecified atom stereocenters. The van der Waals surface area contributed by atoms with Gasteiger partial charge in [-0.2, -0.15) is 0 Å². The first-order valence-electron chi connectivity index (χ1n) is 8.09. The van der Waals surface area contributed by atoms with Gasteiger partial charge in [0.15, 0.2) is 0 Å². The Morgan fingerprint density at radius 2 is 1.89 bits per heavy atom. The molecule has 7 heteroatoms. The molecule has 1 fully saturated rings. The van der Waals surface area contributed by atoms with Crippen LogP contribution in [0.1, 0.15) is 5.56 Å². The van der Waals surface area contributed by atoms with E-state index in [0.717, 1.165) is 22.2 Å². The SMILES string of the molecule is O=C(CN1C(=O)S/C(=C/C=C/c2ccccc2)C1=O)Nc1cccc(O)c1. The highest BCUT2D eigenvalue weighted by Gasteiger charge is 2.35. The number of rotatable bonds is 5. The van der Waals surface area contributed by atoms with Crippen molar-refractivity contribution in [3.05, 3.63) is 77.2 Å². The van der Waals surface area contributed by atoms with Crippen molar-refractivity contribution in [3.63, 3.8) is 0 Å². The van der Waals surface area contributed by atoms with Crippen molar-refractivity contribution in [1.82, 2.24) is 4.90 Å². The number of nitrogens with one attached hydrogen (secondary N) is 1. The van der Waals surface area contributed by atoms with Crippen LogP contribution in [0.15, 0.2) is 71.7 Å². The molecule has 0 aromatic heterocycles. The molecule has 0 atom stereocenters. The highest BCUT2D eigenvalue weighted by atomic mass is 32.2. The molecule has 3 rings (SSSR count). The minimum Gasteiger partial charge on any atom is -0.508 e. The average molecular weight is 380 g/mol. The Bertz CT molecular complexity index is 938. The van der Waals surface area contributed by atoms with Gasteiger partial charge in [0, 0.05) is 11.8 Å². The predicted molar refractivity (Wildman–Crippen MR) is 105 cm³/mol. The number of imide groups is 1. The molecule has 2 aromatic carbocycles. The molecule has 2 aromatic rings. The summed E-state index contributed by atoms with van der Waals surface area (Å²) in [6.45, 7) is -0.389. The Morgan fingerprint density at radius 1 is 1.11 bits per heavy atom. The maximum atomic E-state index is 12.4. The van der Waals surface area contributed by atoms with Gasteiger partial charge < -0.3 is 10.4 Å². The van der Waals surface area contributed by atoms with Crippen LogP contribution in [-0.2, 0) is 9.59 Å². The van der Waals surface area contributed by atoms with Crippen LogP contribution in [0, 0.1) is 0 Å². The number of aromatic hydroxyl groups is 1. The number of anilines is 1. The Labute approximate surface area is 160 Å². The summed E-state index contributed by atoms with van der Waals surface area (Å²) >= 11 is 0.795. The van der Waals surface area contributed by atoms with E-state index >= 15 is 0 Å². The average Bonchev–Trinajstić information content (AvgIpc) is 2.90. The smallest absolute Gasteiger partial charge is 0.294 e. The lowest BCUT2D eigenvalue weighted by Gasteiger charge is -2.12. The number of thioether (sulfide) groups is 1. The largest absolute Gasteiger partial charge is 0.508 e. The second kappa shape index (κ2) is 8.37. The van der Waals surface area contributed by atoms with E-state index in [2.05, 4.69) is 5.32 Å². The third-order valence-electron chi connectivity index (χ3n) is 3.64. The maximum absolute atomic E-state index is 12.4. The fourth-order valence-electron chi connectivity index (χ4n) is 2.39. The van der Waals surface area contributed by atoms with Crippen LogP contribution in [0.3, 0.4) is 0 Å². The Morgan fingerprint density at radius 3 is 2.63 bits per heavy atom. The number of hydrogen-bond donors (Lipinski definition) is 2. The van der Waals surface area contributed by atoms with Crippen molar-refractivity contribution in [2.45, 2.75) is 0 Å².